The molecule has 0 saturated carbocycles. The van der Waals surface area contributed by atoms with Crippen LogP contribution in [0.4, 0.5) is 4.39 Å². The molecule has 0 saturated heterocycles. The summed E-state index contributed by atoms with van der Waals surface area (Å²) in [7, 11) is 0. The standard InChI is InChI=1S/C17H18FNO/c1-13(15-5-3-2-4-6-15)12-19-17(20)11-14-7-9-16(18)10-8-14/h2-10,13H,11-12H2,1H3,(H,19,20)/t13-/m1/s1. The zero-order valence-corrected chi connectivity index (χ0v) is 11.5. The predicted molar refractivity (Wildman–Crippen MR) is 78.0 cm³/mol. The molecular weight excluding hydrogens is 253 g/mol. The van der Waals surface area contributed by atoms with Gasteiger partial charge in [-0.15, -0.1) is 0 Å². The third-order valence-corrected chi connectivity index (χ3v) is 3.25. The summed E-state index contributed by atoms with van der Waals surface area (Å²) in [6, 6.07) is 16.1. The van der Waals surface area contributed by atoms with Gasteiger partial charge in [-0.1, -0.05) is 49.4 Å². The van der Waals surface area contributed by atoms with Crippen LogP contribution in [0, 0.1) is 5.82 Å². The van der Waals surface area contributed by atoms with Gasteiger partial charge in [0.2, 0.25) is 5.91 Å². The van der Waals surface area contributed by atoms with E-state index in [0.29, 0.717) is 6.54 Å². The molecule has 0 aliphatic carbocycles. The van der Waals surface area contributed by atoms with Gasteiger partial charge in [0.15, 0.2) is 0 Å². The summed E-state index contributed by atoms with van der Waals surface area (Å²) in [5.74, 6) is -0.0559. The molecule has 0 aliphatic heterocycles. The van der Waals surface area contributed by atoms with Crippen LogP contribution in [-0.2, 0) is 11.2 Å². The molecule has 1 amide bonds. The molecule has 3 heteroatoms. The van der Waals surface area contributed by atoms with Crippen LogP contribution in [-0.4, -0.2) is 12.5 Å². The zero-order valence-electron chi connectivity index (χ0n) is 11.5. The SMILES string of the molecule is C[C@H](CNC(=O)Cc1ccc(F)cc1)c1ccccc1. The highest BCUT2D eigenvalue weighted by Crippen LogP contribution is 2.13. The number of carbonyl (C=O) groups is 1. The normalized spacial score (nSPS) is 11.9. The van der Waals surface area contributed by atoms with E-state index in [0.717, 1.165) is 5.56 Å². The highest BCUT2D eigenvalue weighted by molar-refractivity contribution is 5.78. The highest BCUT2D eigenvalue weighted by atomic mass is 19.1. The van der Waals surface area contributed by atoms with Crippen LogP contribution in [0.1, 0.15) is 24.0 Å². The van der Waals surface area contributed by atoms with E-state index in [1.54, 1.807) is 12.1 Å². The summed E-state index contributed by atoms with van der Waals surface area (Å²) >= 11 is 0. The Morgan fingerprint density at radius 1 is 1.10 bits per heavy atom. The Balaban J connectivity index is 1.82. The second-order valence-corrected chi connectivity index (χ2v) is 4.92. The first-order valence-electron chi connectivity index (χ1n) is 6.71. The first-order valence-corrected chi connectivity index (χ1v) is 6.71. The Morgan fingerprint density at radius 2 is 1.75 bits per heavy atom. The molecule has 2 aromatic rings. The summed E-state index contributed by atoms with van der Waals surface area (Å²) in [5.41, 5.74) is 2.02. The topological polar surface area (TPSA) is 29.1 Å². The Bertz CT molecular complexity index is 551. The van der Waals surface area contributed by atoms with Crippen molar-refractivity contribution in [3.05, 3.63) is 71.5 Å². The number of hydrogen-bond donors (Lipinski definition) is 1. The molecule has 0 unspecified atom stereocenters. The third-order valence-electron chi connectivity index (χ3n) is 3.25. The van der Waals surface area contributed by atoms with Gasteiger partial charge in [-0.05, 0) is 29.2 Å². The van der Waals surface area contributed by atoms with Crippen molar-refractivity contribution in [2.24, 2.45) is 0 Å². The average molecular weight is 271 g/mol. The summed E-state index contributed by atoms with van der Waals surface area (Å²) in [6.45, 7) is 2.68. The van der Waals surface area contributed by atoms with Crippen molar-refractivity contribution in [2.75, 3.05) is 6.54 Å². The van der Waals surface area contributed by atoms with Crippen LogP contribution in [0.2, 0.25) is 0 Å². The molecule has 0 bridgehead atoms. The number of carbonyl (C=O) groups excluding carboxylic acids is 1. The van der Waals surface area contributed by atoms with E-state index in [4.69, 9.17) is 0 Å². The fraction of sp³-hybridized carbons (Fsp3) is 0.235. The number of hydrogen-bond acceptors (Lipinski definition) is 1. The quantitative estimate of drug-likeness (QED) is 0.888. The number of halogens is 1. The molecule has 2 rings (SSSR count). The first kappa shape index (κ1) is 14.3. The lowest BCUT2D eigenvalue weighted by Gasteiger charge is -2.13. The lowest BCUT2D eigenvalue weighted by molar-refractivity contribution is -0.120. The fourth-order valence-corrected chi connectivity index (χ4v) is 2.02. The lowest BCUT2D eigenvalue weighted by atomic mass is 10.0. The molecule has 2 nitrogen and oxygen atoms in total. The van der Waals surface area contributed by atoms with E-state index < -0.39 is 0 Å². The predicted octanol–water partition coefficient (Wildman–Crippen LogP) is 3.29. The second-order valence-electron chi connectivity index (χ2n) is 4.92. The maximum Gasteiger partial charge on any atom is 0.224 e. The van der Waals surface area contributed by atoms with Crippen LogP contribution in [0.25, 0.3) is 0 Å². The van der Waals surface area contributed by atoms with Crippen molar-refractivity contribution < 1.29 is 9.18 Å². The Labute approximate surface area is 118 Å². The molecule has 0 aliphatic rings. The molecule has 104 valence electrons. The van der Waals surface area contributed by atoms with Crippen molar-refractivity contribution in [3.8, 4) is 0 Å². The van der Waals surface area contributed by atoms with Crippen LogP contribution < -0.4 is 5.32 Å². The maximum absolute atomic E-state index is 12.8. The minimum atomic E-state index is -0.285. The monoisotopic (exact) mass is 271 g/mol. The first-order chi connectivity index (χ1) is 9.65. The maximum atomic E-state index is 12.8. The zero-order chi connectivity index (χ0) is 14.4. The number of amides is 1. The Kier molecular flexibility index (Phi) is 4.88. The van der Waals surface area contributed by atoms with E-state index in [2.05, 4.69) is 24.4 Å². The number of rotatable bonds is 5. The van der Waals surface area contributed by atoms with Crippen molar-refractivity contribution in [2.45, 2.75) is 19.3 Å². The van der Waals surface area contributed by atoms with Crippen molar-refractivity contribution in [1.29, 1.82) is 0 Å². The van der Waals surface area contributed by atoms with Gasteiger partial charge < -0.3 is 5.32 Å². The molecule has 1 atom stereocenters. The number of benzene rings is 2. The van der Waals surface area contributed by atoms with Crippen LogP contribution in [0.5, 0.6) is 0 Å². The summed E-state index contributed by atoms with van der Waals surface area (Å²) in [6.07, 6.45) is 0.280. The minimum Gasteiger partial charge on any atom is -0.355 e. The van der Waals surface area contributed by atoms with Crippen molar-refractivity contribution >= 4 is 5.91 Å². The Hall–Kier alpha value is -2.16. The van der Waals surface area contributed by atoms with Gasteiger partial charge in [-0.2, -0.15) is 0 Å². The van der Waals surface area contributed by atoms with Gasteiger partial charge in [0, 0.05) is 6.54 Å². The molecule has 0 fully saturated rings. The van der Waals surface area contributed by atoms with Crippen molar-refractivity contribution in [3.63, 3.8) is 0 Å². The lowest BCUT2D eigenvalue weighted by Crippen LogP contribution is -2.28. The van der Waals surface area contributed by atoms with Gasteiger partial charge >= 0.3 is 0 Å². The molecule has 0 radical (unpaired) electrons. The van der Waals surface area contributed by atoms with Gasteiger partial charge in [0.1, 0.15) is 5.82 Å². The van der Waals surface area contributed by atoms with E-state index in [-0.39, 0.29) is 24.1 Å². The third kappa shape index (κ3) is 4.19. The van der Waals surface area contributed by atoms with Gasteiger partial charge in [0.05, 0.1) is 6.42 Å². The van der Waals surface area contributed by atoms with E-state index in [1.807, 2.05) is 18.2 Å². The molecule has 0 spiro atoms. The van der Waals surface area contributed by atoms with E-state index in [9.17, 15) is 9.18 Å². The van der Waals surface area contributed by atoms with E-state index >= 15 is 0 Å². The summed E-state index contributed by atoms with van der Waals surface area (Å²) in [5, 5.41) is 2.91. The Morgan fingerprint density at radius 3 is 2.40 bits per heavy atom. The van der Waals surface area contributed by atoms with Crippen LogP contribution in [0.3, 0.4) is 0 Å². The van der Waals surface area contributed by atoms with E-state index in [1.165, 1.54) is 17.7 Å². The molecular formula is C17H18FNO. The van der Waals surface area contributed by atoms with Gasteiger partial charge in [-0.3, -0.25) is 4.79 Å². The van der Waals surface area contributed by atoms with Crippen molar-refractivity contribution in [1.82, 2.24) is 5.32 Å². The number of nitrogens with one attached hydrogen (secondary N) is 1. The molecule has 0 heterocycles. The highest BCUT2D eigenvalue weighted by Gasteiger charge is 2.08. The average Bonchev–Trinajstić information content (AvgIpc) is 2.48. The molecule has 2 aromatic carbocycles. The summed E-state index contributed by atoms with van der Waals surface area (Å²) < 4.78 is 12.8. The van der Waals surface area contributed by atoms with Gasteiger partial charge in [-0.25, -0.2) is 4.39 Å². The van der Waals surface area contributed by atoms with Crippen LogP contribution in [0.15, 0.2) is 54.6 Å². The van der Waals surface area contributed by atoms with Gasteiger partial charge in [0.25, 0.3) is 0 Å². The second kappa shape index (κ2) is 6.85. The fourth-order valence-electron chi connectivity index (χ4n) is 2.02. The molecule has 1 N–H and O–H groups in total. The smallest absolute Gasteiger partial charge is 0.224 e. The molecule has 20 heavy (non-hydrogen) atoms. The molecule has 0 aromatic heterocycles. The largest absolute Gasteiger partial charge is 0.355 e. The summed E-state index contributed by atoms with van der Waals surface area (Å²) in [4.78, 5) is 11.8. The minimum absolute atomic E-state index is 0.0422. The van der Waals surface area contributed by atoms with Crippen LogP contribution >= 0.6 is 0 Å².